The summed E-state index contributed by atoms with van der Waals surface area (Å²) in [6.45, 7) is 5.54. The number of nitrogens with one attached hydrogen (secondary N) is 2. The Kier molecular flexibility index (Phi) is 6.87. The molecule has 30 heavy (non-hydrogen) atoms. The van der Waals surface area contributed by atoms with Gasteiger partial charge in [0.2, 0.25) is 0 Å². The Morgan fingerprint density at radius 3 is 2.43 bits per heavy atom. The molecule has 3 amide bonds. The van der Waals surface area contributed by atoms with Gasteiger partial charge in [0, 0.05) is 6.04 Å². The van der Waals surface area contributed by atoms with E-state index in [0.717, 1.165) is 31.2 Å². The number of ether oxygens (including phenoxy) is 1. The summed E-state index contributed by atoms with van der Waals surface area (Å²) >= 11 is 0. The monoisotopic (exact) mass is 412 g/mol. The van der Waals surface area contributed by atoms with Crippen molar-refractivity contribution in [3.63, 3.8) is 0 Å². The van der Waals surface area contributed by atoms with Gasteiger partial charge in [-0.25, -0.2) is 9.59 Å². The second kappa shape index (κ2) is 9.56. The number of hydrogen-bond acceptors (Lipinski definition) is 5. The van der Waals surface area contributed by atoms with Crippen LogP contribution in [0.4, 0.5) is 4.79 Å². The van der Waals surface area contributed by atoms with Crippen LogP contribution in [-0.2, 0) is 16.1 Å². The van der Waals surface area contributed by atoms with Gasteiger partial charge in [0.25, 0.3) is 5.91 Å². The average Bonchev–Trinajstić information content (AvgIpc) is 3.29. The third-order valence-electron chi connectivity index (χ3n) is 5.32. The summed E-state index contributed by atoms with van der Waals surface area (Å²) in [5.41, 5.74) is 3.78. The fraction of sp³-hybridized carbons (Fsp3) is 0.455. The van der Waals surface area contributed by atoms with Gasteiger partial charge in [0.15, 0.2) is 6.61 Å². The number of urea groups is 1. The Morgan fingerprint density at radius 2 is 1.77 bits per heavy atom. The van der Waals surface area contributed by atoms with Crippen molar-refractivity contribution in [3.8, 4) is 0 Å². The van der Waals surface area contributed by atoms with Gasteiger partial charge in [0.05, 0.1) is 17.9 Å². The van der Waals surface area contributed by atoms with Gasteiger partial charge in [-0.2, -0.15) is 5.10 Å². The number of carbonyl (C=O) groups excluding carboxylic acids is 3. The lowest BCUT2D eigenvalue weighted by Gasteiger charge is -2.12. The maximum Gasteiger partial charge on any atom is 0.342 e. The SMILES string of the molecule is Cc1ccc(Cn2nc(C)c(C(=O)OCC(=O)NC(=O)NC3CCCC3)c2C)cc1. The highest BCUT2D eigenvalue weighted by Crippen LogP contribution is 2.18. The first-order chi connectivity index (χ1) is 14.3. The number of amides is 3. The van der Waals surface area contributed by atoms with E-state index >= 15 is 0 Å². The molecule has 1 aliphatic rings. The molecule has 0 aliphatic heterocycles. The third-order valence-corrected chi connectivity index (χ3v) is 5.32. The molecular formula is C22H28N4O4. The van der Waals surface area contributed by atoms with Gasteiger partial charge in [-0.15, -0.1) is 0 Å². The quantitative estimate of drug-likeness (QED) is 0.711. The standard InChI is InChI=1S/C22H28N4O4/c1-14-8-10-17(11-9-14)12-26-16(3)20(15(2)25-26)21(28)30-13-19(27)24-22(29)23-18-6-4-5-7-18/h8-11,18H,4-7,12-13H2,1-3H3,(H2,23,24,27,29). The zero-order valence-corrected chi connectivity index (χ0v) is 17.7. The van der Waals surface area contributed by atoms with Gasteiger partial charge in [-0.3, -0.25) is 14.8 Å². The smallest absolute Gasteiger partial charge is 0.342 e. The minimum absolute atomic E-state index is 0.102. The molecule has 1 aromatic carbocycles. The molecule has 0 spiro atoms. The van der Waals surface area contributed by atoms with Crippen LogP contribution in [0.3, 0.4) is 0 Å². The van der Waals surface area contributed by atoms with Crippen molar-refractivity contribution in [1.29, 1.82) is 0 Å². The van der Waals surface area contributed by atoms with E-state index in [1.165, 1.54) is 5.56 Å². The zero-order chi connectivity index (χ0) is 21.7. The summed E-state index contributed by atoms with van der Waals surface area (Å²) in [6.07, 6.45) is 3.99. The number of esters is 1. The van der Waals surface area contributed by atoms with Crippen LogP contribution in [0, 0.1) is 20.8 Å². The maximum absolute atomic E-state index is 12.5. The lowest BCUT2D eigenvalue weighted by Crippen LogP contribution is -2.45. The third kappa shape index (κ3) is 5.46. The molecule has 0 unspecified atom stereocenters. The van der Waals surface area contributed by atoms with Crippen molar-refractivity contribution in [3.05, 3.63) is 52.3 Å². The summed E-state index contributed by atoms with van der Waals surface area (Å²) in [5.74, 6) is -1.30. The Bertz CT molecular complexity index is 927. The molecule has 160 valence electrons. The van der Waals surface area contributed by atoms with Crippen LogP contribution < -0.4 is 10.6 Å². The summed E-state index contributed by atoms with van der Waals surface area (Å²) < 4.78 is 6.86. The van der Waals surface area contributed by atoms with E-state index in [9.17, 15) is 14.4 Å². The van der Waals surface area contributed by atoms with Gasteiger partial charge in [0.1, 0.15) is 5.56 Å². The van der Waals surface area contributed by atoms with Gasteiger partial charge in [-0.05, 0) is 39.2 Å². The van der Waals surface area contributed by atoms with E-state index in [1.54, 1.807) is 18.5 Å². The van der Waals surface area contributed by atoms with Crippen molar-refractivity contribution >= 4 is 17.9 Å². The average molecular weight is 412 g/mol. The Hall–Kier alpha value is -3.16. The molecule has 0 radical (unpaired) electrons. The predicted molar refractivity (Wildman–Crippen MR) is 111 cm³/mol. The van der Waals surface area contributed by atoms with Crippen LogP contribution in [0.15, 0.2) is 24.3 Å². The van der Waals surface area contributed by atoms with Crippen molar-refractivity contribution < 1.29 is 19.1 Å². The molecule has 1 saturated carbocycles. The molecule has 1 heterocycles. The Morgan fingerprint density at radius 1 is 1.10 bits per heavy atom. The highest BCUT2D eigenvalue weighted by atomic mass is 16.5. The van der Waals surface area contributed by atoms with Crippen LogP contribution in [0.25, 0.3) is 0 Å². The number of nitrogens with zero attached hydrogens (tertiary/aromatic N) is 2. The highest BCUT2D eigenvalue weighted by Gasteiger charge is 2.22. The van der Waals surface area contributed by atoms with E-state index in [0.29, 0.717) is 23.5 Å². The molecule has 3 rings (SSSR count). The molecular weight excluding hydrogens is 384 g/mol. The van der Waals surface area contributed by atoms with Crippen LogP contribution in [0.5, 0.6) is 0 Å². The molecule has 0 saturated heterocycles. The molecule has 8 nitrogen and oxygen atoms in total. The van der Waals surface area contributed by atoms with Crippen molar-refractivity contribution in [2.75, 3.05) is 6.61 Å². The zero-order valence-electron chi connectivity index (χ0n) is 17.7. The first-order valence-electron chi connectivity index (χ1n) is 10.2. The second-order valence-corrected chi connectivity index (χ2v) is 7.77. The number of carbonyl (C=O) groups is 3. The summed E-state index contributed by atoms with van der Waals surface area (Å²) in [6, 6.07) is 7.64. The van der Waals surface area contributed by atoms with Crippen LogP contribution in [-0.4, -0.2) is 40.3 Å². The van der Waals surface area contributed by atoms with E-state index in [2.05, 4.69) is 15.7 Å². The lowest BCUT2D eigenvalue weighted by atomic mass is 10.1. The van der Waals surface area contributed by atoms with E-state index < -0.39 is 24.5 Å². The van der Waals surface area contributed by atoms with E-state index in [1.807, 2.05) is 31.2 Å². The molecule has 1 aromatic heterocycles. The van der Waals surface area contributed by atoms with Gasteiger partial charge in [-0.1, -0.05) is 42.7 Å². The van der Waals surface area contributed by atoms with Crippen molar-refractivity contribution in [1.82, 2.24) is 20.4 Å². The second-order valence-electron chi connectivity index (χ2n) is 7.77. The molecule has 0 atom stereocenters. The first kappa shape index (κ1) is 21.5. The van der Waals surface area contributed by atoms with E-state index in [4.69, 9.17) is 4.74 Å². The Labute approximate surface area is 176 Å². The van der Waals surface area contributed by atoms with Gasteiger partial charge < -0.3 is 10.1 Å². The fourth-order valence-corrected chi connectivity index (χ4v) is 3.67. The highest BCUT2D eigenvalue weighted by molar-refractivity contribution is 5.97. The topological polar surface area (TPSA) is 102 Å². The first-order valence-corrected chi connectivity index (χ1v) is 10.2. The number of rotatable bonds is 6. The van der Waals surface area contributed by atoms with Crippen molar-refractivity contribution in [2.45, 2.75) is 59.0 Å². The normalized spacial score (nSPS) is 13.8. The van der Waals surface area contributed by atoms with Crippen LogP contribution >= 0.6 is 0 Å². The lowest BCUT2D eigenvalue weighted by molar-refractivity contribution is -0.123. The van der Waals surface area contributed by atoms with Crippen LogP contribution in [0.2, 0.25) is 0 Å². The predicted octanol–water partition coefficient (Wildman–Crippen LogP) is 2.78. The summed E-state index contributed by atoms with van der Waals surface area (Å²) in [4.78, 5) is 36.3. The van der Waals surface area contributed by atoms with E-state index in [-0.39, 0.29) is 6.04 Å². The number of hydrogen-bond donors (Lipinski definition) is 2. The molecule has 8 heteroatoms. The largest absolute Gasteiger partial charge is 0.452 e. The number of benzene rings is 1. The molecule has 1 fully saturated rings. The molecule has 2 aromatic rings. The Balaban J connectivity index is 1.54. The molecule has 0 bridgehead atoms. The number of aryl methyl sites for hydroxylation is 2. The summed E-state index contributed by atoms with van der Waals surface area (Å²) in [7, 11) is 0. The summed E-state index contributed by atoms with van der Waals surface area (Å²) in [5, 5.41) is 9.38. The minimum Gasteiger partial charge on any atom is -0.452 e. The van der Waals surface area contributed by atoms with Gasteiger partial charge >= 0.3 is 12.0 Å². The maximum atomic E-state index is 12.5. The molecule has 2 N–H and O–H groups in total. The number of aromatic nitrogens is 2. The fourth-order valence-electron chi connectivity index (χ4n) is 3.67. The van der Waals surface area contributed by atoms with Crippen LogP contribution in [0.1, 0.15) is 58.6 Å². The minimum atomic E-state index is -0.666. The molecule has 1 aliphatic carbocycles. The number of imide groups is 1. The van der Waals surface area contributed by atoms with Crippen molar-refractivity contribution in [2.24, 2.45) is 0 Å².